The summed E-state index contributed by atoms with van der Waals surface area (Å²) in [4.78, 5) is 2.41. The fourth-order valence-electron chi connectivity index (χ4n) is 2.35. The zero-order valence-electron chi connectivity index (χ0n) is 13.4. The van der Waals surface area contributed by atoms with Crippen molar-refractivity contribution in [1.82, 2.24) is 4.83 Å². The number of fused-ring (bicyclic) bond motifs is 1. The van der Waals surface area contributed by atoms with E-state index < -0.39 is 10.0 Å². The predicted molar refractivity (Wildman–Crippen MR) is 94.5 cm³/mol. The van der Waals surface area contributed by atoms with E-state index in [1.54, 1.807) is 24.3 Å². The van der Waals surface area contributed by atoms with Crippen LogP contribution in [0.5, 0.6) is 5.75 Å². The van der Waals surface area contributed by atoms with Gasteiger partial charge in [-0.3, -0.25) is 0 Å². The summed E-state index contributed by atoms with van der Waals surface area (Å²) in [6.07, 6.45) is 3.21. The lowest BCUT2D eigenvalue weighted by Gasteiger charge is -2.22. The number of hydrazone groups is 1. The van der Waals surface area contributed by atoms with E-state index in [9.17, 15) is 8.42 Å². The molecule has 0 amide bonds. The molecule has 0 saturated heterocycles. The first-order valence-electron chi connectivity index (χ1n) is 7.54. The number of rotatable bonds is 4. The van der Waals surface area contributed by atoms with E-state index in [1.807, 2.05) is 44.2 Å². The second-order valence-corrected chi connectivity index (χ2v) is 7.27. The van der Waals surface area contributed by atoms with Crippen molar-refractivity contribution in [2.24, 2.45) is 5.10 Å². The minimum Gasteiger partial charge on any atom is -0.485 e. The summed E-state index contributed by atoms with van der Waals surface area (Å²) >= 11 is 0. The van der Waals surface area contributed by atoms with Gasteiger partial charge in [0.1, 0.15) is 11.9 Å². The Kier molecular flexibility index (Phi) is 4.40. The maximum atomic E-state index is 12.2. The number of benzene rings is 2. The standard InChI is InChI=1S/C18H18N2O3S/c1-13-7-9-17(10-8-13)24(21,22)20-19-12-16-11-15-5-3-4-6-18(15)23-14(16)2/h3-12,14,20H,1-2H3/b19-12-/t14-/m0/s1. The van der Waals surface area contributed by atoms with E-state index in [0.29, 0.717) is 0 Å². The Labute approximate surface area is 141 Å². The van der Waals surface area contributed by atoms with Gasteiger partial charge in [-0.05, 0) is 38.1 Å². The van der Waals surface area contributed by atoms with Gasteiger partial charge < -0.3 is 4.74 Å². The molecule has 0 bridgehead atoms. The molecule has 1 N–H and O–H groups in total. The predicted octanol–water partition coefficient (Wildman–Crippen LogP) is 3.12. The van der Waals surface area contributed by atoms with Gasteiger partial charge in [0.2, 0.25) is 0 Å². The summed E-state index contributed by atoms with van der Waals surface area (Å²) in [5.74, 6) is 0.808. The molecule has 0 saturated carbocycles. The van der Waals surface area contributed by atoms with Gasteiger partial charge in [0.25, 0.3) is 10.0 Å². The lowest BCUT2D eigenvalue weighted by Crippen LogP contribution is -2.22. The normalized spacial score (nSPS) is 17.1. The zero-order chi connectivity index (χ0) is 17.2. The second-order valence-electron chi connectivity index (χ2n) is 5.61. The minimum absolute atomic E-state index is 0.178. The van der Waals surface area contributed by atoms with Gasteiger partial charge in [-0.1, -0.05) is 35.9 Å². The van der Waals surface area contributed by atoms with Crippen molar-refractivity contribution in [3.63, 3.8) is 0 Å². The molecule has 2 aromatic rings. The summed E-state index contributed by atoms with van der Waals surface area (Å²) in [6.45, 7) is 3.79. The maximum Gasteiger partial charge on any atom is 0.276 e. The highest BCUT2D eigenvalue weighted by atomic mass is 32.2. The average molecular weight is 342 g/mol. The lowest BCUT2D eigenvalue weighted by atomic mass is 10.0. The van der Waals surface area contributed by atoms with Crippen LogP contribution in [0.1, 0.15) is 18.1 Å². The summed E-state index contributed by atoms with van der Waals surface area (Å²) in [6, 6.07) is 14.3. The van der Waals surface area contributed by atoms with Gasteiger partial charge in [0.15, 0.2) is 0 Å². The summed E-state index contributed by atoms with van der Waals surface area (Å²) < 4.78 is 30.2. The van der Waals surface area contributed by atoms with E-state index >= 15 is 0 Å². The van der Waals surface area contributed by atoms with Crippen molar-refractivity contribution >= 4 is 22.3 Å². The largest absolute Gasteiger partial charge is 0.485 e. The minimum atomic E-state index is -3.67. The number of aryl methyl sites for hydroxylation is 1. The van der Waals surface area contributed by atoms with Gasteiger partial charge in [0, 0.05) is 11.1 Å². The van der Waals surface area contributed by atoms with Crippen molar-refractivity contribution in [3.05, 3.63) is 65.2 Å². The maximum absolute atomic E-state index is 12.2. The van der Waals surface area contributed by atoms with Crippen LogP contribution in [-0.2, 0) is 10.0 Å². The second kappa shape index (κ2) is 6.49. The van der Waals surface area contributed by atoms with E-state index in [-0.39, 0.29) is 11.0 Å². The molecule has 2 aromatic carbocycles. The average Bonchev–Trinajstić information content (AvgIpc) is 2.55. The summed E-state index contributed by atoms with van der Waals surface area (Å²) in [5, 5.41) is 3.88. The molecule has 1 aliphatic heterocycles. The Morgan fingerprint density at radius 3 is 2.58 bits per heavy atom. The van der Waals surface area contributed by atoms with Crippen molar-refractivity contribution in [1.29, 1.82) is 0 Å². The highest BCUT2D eigenvalue weighted by Gasteiger charge is 2.17. The summed E-state index contributed by atoms with van der Waals surface area (Å²) in [7, 11) is -3.67. The Bertz CT molecular complexity index is 900. The number of nitrogens with zero attached hydrogens (tertiary/aromatic N) is 1. The van der Waals surface area contributed by atoms with Crippen molar-refractivity contribution < 1.29 is 13.2 Å². The molecule has 124 valence electrons. The topological polar surface area (TPSA) is 67.8 Å². The first kappa shape index (κ1) is 16.3. The summed E-state index contributed by atoms with van der Waals surface area (Å²) in [5.41, 5.74) is 2.73. The Morgan fingerprint density at radius 1 is 1.12 bits per heavy atom. The SMILES string of the molecule is Cc1ccc(S(=O)(=O)N/N=C\C2=Cc3ccccc3O[C@H]2C)cc1. The van der Waals surface area contributed by atoms with Crippen LogP contribution in [-0.4, -0.2) is 20.7 Å². The van der Waals surface area contributed by atoms with Crippen LogP contribution in [0.2, 0.25) is 0 Å². The molecule has 0 aromatic heterocycles. The van der Waals surface area contributed by atoms with E-state index in [0.717, 1.165) is 22.4 Å². The van der Waals surface area contributed by atoms with E-state index in [2.05, 4.69) is 9.93 Å². The van der Waals surface area contributed by atoms with Gasteiger partial charge in [-0.2, -0.15) is 13.5 Å². The van der Waals surface area contributed by atoms with Crippen molar-refractivity contribution in [2.45, 2.75) is 24.8 Å². The number of hydrogen-bond acceptors (Lipinski definition) is 4. The molecular formula is C18H18N2O3S. The Morgan fingerprint density at radius 2 is 1.83 bits per heavy atom. The Balaban J connectivity index is 1.77. The number of para-hydroxylation sites is 1. The van der Waals surface area contributed by atoms with Crippen LogP contribution < -0.4 is 9.57 Å². The fourth-order valence-corrected chi connectivity index (χ4v) is 3.14. The van der Waals surface area contributed by atoms with Crippen LogP contribution in [0, 0.1) is 6.92 Å². The first-order chi connectivity index (χ1) is 11.5. The third kappa shape index (κ3) is 3.49. The first-order valence-corrected chi connectivity index (χ1v) is 9.03. The molecule has 0 aliphatic carbocycles. The molecule has 0 spiro atoms. The van der Waals surface area contributed by atoms with Crippen LogP contribution >= 0.6 is 0 Å². The van der Waals surface area contributed by atoms with E-state index in [1.165, 1.54) is 6.21 Å². The molecule has 3 rings (SSSR count). The number of sulfonamides is 1. The van der Waals surface area contributed by atoms with Crippen LogP contribution in [0.25, 0.3) is 6.08 Å². The molecule has 1 aliphatic rings. The van der Waals surface area contributed by atoms with E-state index in [4.69, 9.17) is 4.74 Å². The zero-order valence-corrected chi connectivity index (χ0v) is 14.2. The van der Waals surface area contributed by atoms with Crippen molar-refractivity contribution in [3.8, 4) is 5.75 Å². The van der Waals surface area contributed by atoms with Crippen LogP contribution in [0.3, 0.4) is 0 Å². The van der Waals surface area contributed by atoms with Gasteiger partial charge in [-0.25, -0.2) is 4.83 Å². The quantitative estimate of drug-likeness (QED) is 0.686. The molecule has 1 heterocycles. The molecule has 6 heteroatoms. The molecular weight excluding hydrogens is 324 g/mol. The van der Waals surface area contributed by atoms with Gasteiger partial charge >= 0.3 is 0 Å². The third-order valence-electron chi connectivity index (χ3n) is 3.73. The number of nitrogens with one attached hydrogen (secondary N) is 1. The molecule has 5 nitrogen and oxygen atoms in total. The van der Waals surface area contributed by atoms with Gasteiger partial charge in [0.05, 0.1) is 11.1 Å². The fraction of sp³-hybridized carbons (Fsp3) is 0.167. The Hall–Kier alpha value is -2.60. The molecule has 0 fully saturated rings. The highest BCUT2D eigenvalue weighted by molar-refractivity contribution is 7.89. The molecule has 24 heavy (non-hydrogen) atoms. The third-order valence-corrected chi connectivity index (χ3v) is 4.97. The van der Waals surface area contributed by atoms with Crippen LogP contribution in [0.15, 0.2) is 64.1 Å². The van der Waals surface area contributed by atoms with Crippen LogP contribution in [0.4, 0.5) is 0 Å². The highest BCUT2D eigenvalue weighted by Crippen LogP contribution is 2.28. The number of hydrogen-bond donors (Lipinski definition) is 1. The smallest absolute Gasteiger partial charge is 0.276 e. The van der Waals surface area contributed by atoms with Gasteiger partial charge in [-0.15, -0.1) is 0 Å². The molecule has 1 atom stereocenters. The lowest BCUT2D eigenvalue weighted by molar-refractivity contribution is 0.260. The molecule has 0 radical (unpaired) electrons. The number of ether oxygens (including phenoxy) is 1. The molecule has 0 unspecified atom stereocenters. The monoisotopic (exact) mass is 342 g/mol. The van der Waals surface area contributed by atoms with Crippen molar-refractivity contribution in [2.75, 3.05) is 0 Å².